The molecule has 6 heteroatoms. The topological polar surface area (TPSA) is 61.4 Å². The number of nitrogens with zero attached hydrogens (tertiary/aromatic N) is 4. The molecule has 96 valence electrons. The molecule has 0 aliphatic heterocycles. The summed E-state index contributed by atoms with van der Waals surface area (Å²) in [5.74, 6) is 0.774. The van der Waals surface area contributed by atoms with Crippen LogP contribution in [0.5, 0.6) is 5.75 Å². The van der Waals surface area contributed by atoms with Crippen LogP contribution < -0.4 is 10.4 Å². The second kappa shape index (κ2) is 4.56. The van der Waals surface area contributed by atoms with Gasteiger partial charge in [-0.25, -0.2) is 9.20 Å². The van der Waals surface area contributed by atoms with Gasteiger partial charge in [-0.15, -0.1) is 10.2 Å². The fourth-order valence-electron chi connectivity index (χ4n) is 1.95. The Morgan fingerprint density at radius 3 is 3.05 bits per heavy atom. The summed E-state index contributed by atoms with van der Waals surface area (Å²) in [5, 5.41) is 7.55. The smallest absolute Gasteiger partial charge is 0.335 e. The van der Waals surface area contributed by atoms with Gasteiger partial charge < -0.3 is 4.74 Å². The van der Waals surface area contributed by atoms with E-state index < -0.39 is 0 Å². The lowest BCUT2D eigenvalue weighted by Gasteiger charge is -2.07. The number of benzene rings is 1. The Labute approximate surface area is 108 Å². The van der Waals surface area contributed by atoms with Crippen LogP contribution in [-0.4, -0.2) is 26.3 Å². The van der Waals surface area contributed by atoms with Crippen LogP contribution in [0.2, 0.25) is 0 Å². The van der Waals surface area contributed by atoms with Crippen molar-refractivity contribution in [3.63, 3.8) is 0 Å². The fraction of sp³-hybridized carbons (Fsp3) is 0.154. The van der Waals surface area contributed by atoms with E-state index in [1.54, 1.807) is 23.9 Å². The Morgan fingerprint density at radius 2 is 2.21 bits per heavy atom. The molecule has 0 N–H and O–H groups in total. The van der Waals surface area contributed by atoms with Crippen LogP contribution in [0.25, 0.3) is 5.65 Å². The first-order chi connectivity index (χ1) is 9.28. The molecule has 0 saturated carbocycles. The zero-order valence-corrected chi connectivity index (χ0v) is 10.4. The van der Waals surface area contributed by atoms with E-state index >= 15 is 0 Å². The molecular formula is C13H12N4O2. The average Bonchev–Trinajstić information content (AvgIpc) is 2.91. The number of aromatic nitrogens is 4. The monoisotopic (exact) mass is 256 g/mol. The van der Waals surface area contributed by atoms with Gasteiger partial charge in [0, 0.05) is 6.20 Å². The summed E-state index contributed by atoms with van der Waals surface area (Å²) in [7, 11) is 1.62. The van der Waals surface area contributed by atoms with Crippen LogP contribution in [-0.2, 0) is 6.54 Å². The molecular weight excluding hydrogens is 244 g/mol. The van der Waals surface area contributed by atoms with Gasteiger partial charge in [-0.3, -0.25) is 4.57 Å². The molecule has 0 bridgehead atoms. The Bertz CT molecular complexity index is 775. The number of fused-ring (bicyclic) bond motifs is 1. The second-order valence-corrected chi connectivity index (χ2v) is 4.14. The molecule has 0 radical (unpaired) electrons. The lowest BCUT2D eigenvalue weighted by Crippen LogP contribution is -2.25. The second-order valence-electron chi connectivity index (χ2n) is 4.14. The van der Waals surface area contributed by atoms with Crippen molar-refractivity contribution >= 4 is 5.65 Å². The van der Waals surface area contributed by atoms with Crippen molar-refractivity contribution < 1.29 is 4.74 Å². The summed E-state index contributed by atoms with van der Waals surface area (Å²) >= 11 is 0. The quantitative estimate of drug-likeness (QED) is 0.700. The van der Waals surface area contributed by atoms with Gasteiger partial charge in [-0.05, 0) is 23.8 Å². The van der Waals surface area contributed by atoms with E-state index in [-0.39, 0.29) is 5.69 Å². The molecule has 0 saturated heterocycles. The predicted octanol–water partition coefficient (Wildman–Crippen LogP) is 0.948. The number of hydrogen-bond acceptors (Lipinski definition) is 4. The molecule has 6 nitrogen and oxygen atoms in total. The molecule has 19 heavy (non-hydrogen) atoms. The van der Waals surface area contributed by atoms with Crippen molar-refractivity contribution in [3.8, 4) is 5.75 Å². The van der Waals surface area contributed by atoms with Crippen molar-refractivity contribution in [1.29, 1.82) is 0 Å². The highest BCUT2D eigenvalue weighted by Crippen LogP contribution is 2.13. The van der Waals surface area contributed by atoms with Gasteiger partial charge in [-0.2, -0.15) is 0 Å². The predicted molar refractivity (Wildman–Crippen MR) is 69.3 cm³/mol. The van der Waals surface area contributed by atoms with E-state index in [2.05, 4.69) is 10.2 Å². The van der Waals surface area contributed by atoms with E-state index in [4.69, 9.17) is 4.74 Å². The molecule has 0 atom stereocenters. The van der Waals surface area contributed by atoms with Crippen LogP contribution in [0.3, 0.4) is 0 Å². The molecule has 0 fully saturated rings. The number of methoxy groups -OCH3 is 1. The third kappa shape index (κ3) is 2.08. The lowest BCUT2D eigenvalue weighted by atomic mass is 10.2. The molecule has 0 unspecified atom stereocenters. The highest BCUT2D eigenvalue weighted by atomic mass is 16.5. The van der Waals surface area contributed by atoms with Crippen molar-refractivity contribution in [1.82, 2.24) is 19.2 Å². The van der Waals surface area contributed by atoms with E-state index in [0.717, 1.165) is 11.3 Å². The summed E-state index contributed by atoms with van der Waals surface area (Å²) in [4.78, 5) is 12.2. The molecule has 3 rings (SSSR count). The summed E-state index contributed by atoms with van der Waals surface area (Å²) < 4.78 is 8.19. The minimum atomic E-state index is -0.162. The van der Waals surface area contributed by atoms with Crippen LogP contribution in [0.15, 0.2) is 47.7 Å². The SMILES string of the molecule is COc1cccc(Cn2ccc3nncn3c2=O)c1. The van der Waals surface area contributed by atoms with Gasteiger partial charge >= 0.3 is 5.69 Å². The summed E-state index contributed by atoms with van der Waals surface area (Å²) in [6.45, 7) is 0.476. The van der Waals surface area contributed by atoms with Gasteiger partial charge in [-0.1, -0.05) is 12.1 Å². The van der Waals surface area contributed by atoms with Crippen molar-refractivity contribution in [2.75, 3.05) is 7.11 Å². The van der Waals surface area contributed by atoms with Crippen LogP contribution in [0, 0.1) is 0 Å². The molecule has 1 aromatic carbocycles. The number of rotatable bonds is 3. The van der Waals surface area contributed by atoms with Gasteiger partial charge in [0.15, 0.2) is 5.65 Å². The van der Waals surface area contributed by atoms with Gasteiger partial charge in [0.25, 0.3) is 0 Å². The van der Waals surface area contributed by atoms with Gasteiger partial charge in [0.05, 0.1) is 13.7 Å². The summed E-state index contributed by atoms with van der Waals surface area (Å²) in [6, 6.07) is 9.38. The highest BCUT2D eigenvalue weighted by Gasteiger charge is 2.04. The first kappa shape index (κ1) is 11.5. The molecule has 0 aliphatic rings. The first-order valence-electron chi connectivity index (χ1n) is 5.80. The molecule has 2 heterocycles. The Morgan fingerprint density at radius 1 is 1.32 bits per heavy atom. The molecule has 2 aromatic heterocycles. The Kier molecular flexibility index (Phi) is 2.75. The third-order valence-corrected chi connectivity index (χ3v) is 2.92. The van der Waals surface area contributed by atoms with E-state index in [1.165, 1.54) is 10.7 Å². The third-order valence-electron chi connectivity index (χ3n) is 2.92. The normalized spacial score (nSPS) is 10.8. The van der Waals surface area contributed by atoms with Gasteiger partial charge in [0.2, 0.25) is 0 Å². The maximum absolute atomic E-state index is 12.2. The average molecular weight is 256 g/mol. The maximum Gasteiger partial charge on any atom is 0.335 e. The molecule has 0 spiro atoms. The van der Waals surface area contributed by atoms with Crippen LogP contribution >= 0.6 is 0 Å². The zero-order valence-electron chi connectivity index (χ0n) is 10.4. The van der Waals surface area contributed by atoms with E-state index in [1.807, 2.05) is 24.3 Å². The van der Waals surface area contributed by atoms with E-state index in [9.17, 15) is 4.79 Å². The van der Waals surface area contributed by atoms with Gasteiger partial charge in [0.1, 0.15) is 12.1 Å². The van der Waals surface area contributed by atoms with Crippen molar-refractivity contribution in [3.05, 3.63) is 58.9 Å². The number of hydrogen-bond donors (Lipinski definition) is 0. The van der Waals surface area contributed by atoms with E-state index in [0.29, 0.717) is 12.2 Å². The van der Waals surface area contributed by atoms with Crippen LogP contribution in [0.4, 0.5) is 0 Å². The lowest BCUT2D eigenvalue weighted by molar-refractivity contribution is 0.414. The summed E-state index contributed by atoms with van der Waals surface area (Å²) in [6.07, 6.45) is 3.13. The molecule has 3 aromatic rings. The van der Waals surface area contributed by atoms with Crippen molar-refractivity contribution in [2.24, 2.45) is 0 Å². The molecule has 0 amide bonds. The fourth-order valence-corrected chi connectivity index (χ4v) is 1.95. The molecule has 0 aliphatic carbocycles. The number of ether oxygens (including phenoxy) is 1. The minimum absolute atomic E-state index is 0.162. The minimum Gasteiger partial charge on any atom is -0.497 e. The van der Waals surface area contributed by atoms with Crippen molar-refractivity contribution in [2.45, 2.75) is 6.54 Å². The first-order valence-corrected chi connectivity index (χ1v) is 5.80. The Hall–Kier alpha value is -2.63. The maximum atomic E-state index is 12.2. The largest absolute Gasteiger partial charge is 0.497 e. The zero-order chi connectivity index (χ0) is 13.2. The van der Waals surface area contributed by atoms with Crippen LogP contribution in [0.1, 0.15) is 5.56 Å². The standard InChI is InChI=1S/C13H12N4O2/c1-19-11-4-2-3-10(7-11)8-16-6-5-12-15-14-9-17(12)13(16)18/h2-7,9H,8H2,1H3. The highest BCUT2D eigenvalue weighted by molar-refractivity contribution is 5.34. The Balaban J connectivity index is 2.00. The summed E-state index contributed by atoms with van der Waals surface area (Å²) in [5.41, 5.74) is 1.38.